The molecule has 0 spiro atoms. The fourth-order valence-electron chi connectivity index (χ4n) is 2.92. The highest BCUT2D eigenvalue weighted by Gasteiger charge is 2.36. The maximum Gasteiger partial charge on any atom is 0.245 e. The summed E-state index contributed by atoms with van der Waals surface area (Å²) in [5.41, 5.74) is 5.44. The van der Waals surface area contributed by atoms with Gasteiger partial charge in [-0.05, 0) is 23.8 Å². The number of benzene rings is 2. The number of anilines is 2. The molecule has 0 aliphatic rings. The monoisotopic (exact) mass is 496 g/mol. The van der Waals surface area contributed by atoms with E-state index in [2.05, 4.69) is 0 Å². The standard InChI is InChI=1S/C16H20N2O8S4/c1-27(19,20)15-13(11-5-7-12(17)8-6-11)9-10-14(16(15)28(2,21)22)18(29(3,23)24)30(4,25)26/h5-10H,17H2,1-4H3. The average molecular weight is 497 g/mol. The predicted molar refractivity (Wildman–Crippen MR) is 115 cm³/mol. The summed E-state index contributed by atoms with van der Waals surface area (Å²) < 4.78 is 99.2. The van der Waals surface area contributed by atoms with Crippen LogP contribution in [-0.4, -0.2) is 58.7 Å². The number of rotatable bonds is 6. The summed E-state index contributed by atoms with van der Waals surface area (Å²) in [4.78, 5) is -1.65. The van der Waals surface area contributed by atoms with Gasteiger partial charge in [0, 0.05) is 23.8 Å². The third kappa shape index (κ3) is 4.94. The molecule has 0 saturated carbocycles. The lowest BCUT2D eigenvalue weighted by Gasteiger charge is -2.24. The highest BCUT2D eigenvalue weighted by atomic mass is 32.3. The minimum absolute atomic E-state index is 0.0522. The Hall–Kier alpha value is -2.16. The van der Waals surface area contributed by atoms with Gasteiger partial charge in [-0.2, -0.15) is 3.71 Å². The van der Waals surface area contributed by atoms with Crippen molar-refractivity contribution in [2.75, 3.05) is 34.5 Å². The van der Waals surface area contributed by atoms with Gasteiger partial charge in [0.25, 0.3) is 0 Å². The van der Waals surface area contributed by atoms with Crippen molar-refractivity contribution in [3.8, 4) is 11.1 Å². The molecule has 166 valence electrons. The summed E-state index contributed by atoms with van der Waals surface area (Å²) in [5.74, 6) is 0. The van der Waals surface area contributed by atoms with Crippen LogP contribution in [0.15, 0.2) is 46.2 Å². The molecule has 0 heterocycles. The van der Waals surface area contributed by atoms with Crippen LogP contribution >= 0.6 is 0 Å². The SMILES string of the molecule is CS(=O)(=O)c1c(-c2ccc(N)cc2)ccc(N(S(C)(=O)=O)S(C)(=O)=O)c1S(C)(=O)=O. The molecule has 0 bridgehead atoms. The first-order chi connectivity index (χ1) is 13.3. The largest absolute Gasteiger partial charge is 0.399 e. The fraction of sp³-hybridized carbons (Fsp3) is 0.250. The van der Waals surface area contributed by atoms with Gasteiger partial charge in [-0.1, -0.05) is 18.2 Å². The Morgan fingerprint density at radius 1 is 0.633 bits per heavy atom. The number of nitrogens with zero attached hydrogens (tertiary/aromatic N) is 1. The van der Waals surface area contributed by atoms with E-state index < -0.39 is 55.2 Å². The maximum absolute atomic E-state index is 12.6. The molecule has 0 unspecified atom stereocenters. The van der Waals surface area contributed by atoms with Crippen molar-refractivity contribution in [3.05, 3.63) is 36.4 Å². The second-order valence-electron chi connectivity index (χ2n) is 6.68. The molecule has 2 aromatic carbocycles. The highest BCUT2D eigenvalue weighted by molar-refractivity contribution is 8.09. The molecule has 2 rings (SSSR count). The molecule has 10 nitrogen and oxygen atoms in total. The Bertz CT molecular complexity index is 1390. The number of nitrogens with two attached hydrogens (primary N) is 1. The van der Waals surface area contributed by atoms with Gasteiger partial charge in [0.2, 0.25) is 20.0 Å². The Kier molecular flexibility index (Phi) is 6.04. The summed E-state index contributed by atoms with van der Waals surface area (Å²) in [6, 6.07) is 7.93. The predicted octanol–water partition coefficient (Wildman–Crippen LogP) is 0.468. The second-order valence-corrected chi connectivity index (χ2v) is 14.5. The summed E-state index contributed by atoms with van der Waals surface area (Å²) >= 11 is 0. The van der Waals surface area contributed by atoms with Crippen LogP contribution < -0.4 is 9.44 Å². The number of sulfone groups is 2. The minimum Gasteiger partial charge on any atom is -0.399 e. The van der Waals surface area contributed by atoms with Crippen LogP contribution in [0.3, 0.4) is 0 Å². The molecule has 0 radical (unpaired) electrons. The molecule has 0 aliphatic heterocycles. The van der Waals surface area contributed by atoms with Crippen molar-refractivity contribution in [1.82, 2.24) is 0 Å². The number of sulfonamides is 2. The molecule has 0 atom stereocenters. The summed E-state index contributed by atoms with van der Waals surface area (Å²) in [5, 5.41) is 0. The van der Waals surface area contributed by atoms with Gasteiger partial charge >= 0.3 is 0 Å². The molecule has 0 aromatic heterocycles. The smallest absolute Gasteiger partial charge is 0.245 e. The van der Waals surface area contributed by atoms with E-state index in [0.717, 1.165) is 18.4 Å². The van der Waals surface area contributed by atoms with Gasteiger partial charge in [-0.3, -0.25) is 0 Å². The van der Waals surface area contributed by atoms with Gasteiger partial charge in [0.15, 0.2) is 19.7 Å². The van der Waals surface area contributed by atoms with Crippen LogP contribution in [0.25, 0.3) is 11.1 Å². The average Bonchev–Trinajstić information content (AvgIpc) is 2.50. The van der Waals surface area contributed by atoms with Crippen molar-refractivity contribution < 1.29 is 33.7 Å². The Morgan fingerprint density at radius 3 is 1.43 bits per heavy atom. The lowest BCUT2D eigenvalue weighted by molar-refractivity contribution is 0.585. The zero-order valence-electron chi connectivity index (χ0n) is 16.4. The van der Waals surface area contributed by atoms with Crippen LogP contribution in [0.4, 0.5) is 11.4 Å². The zero-order valence-corrected chi connectivity index (χ0v) is 19.7. The Morgan fingerprint density at radius 2 is 1.07 bits per heavy atom. The van der Waals surface area contributed by atoms with Crippen LogP contribution in [0, 0.1) is 0 Å². The minimum atomic E-state index is -4.53. The van der Waals surface area contributed by atoms with Crippen molar-refractivity contribution in [2.45, 2.75) is 9.79 Å². The van der Waals surface area contributed by atoms with E-state index in [1.165, 1.54) is 24.3 Å². The molecule has 0 aliphatic carbocycles. The summed E-state index contributed by atoms with van der Waals surface area (Å²) in [7, 11) is -17.8. The van der Waals surface area contributed by atoms with Gasteiger partial charge in [-0.25, -0.2) is 33.7 Å². The molecule has 2 N–H and O–H groups in total. The van der Waals surface area contributed by atoms with Crippen molar-refractivity contribution in [1.29, 1.82) is 0 Å². The quantitative estimate of drug-likeness (QED) is 0.559. The number of hydrogen-bond acceptors (Lipinski definition) is 9. The van der Waals surface area contributed by atoms with Gasteiger partial charge in [-0.15, -0.1) is 0 Å². The second kappa shape index (κ2) is 7.51. The molecular weight excluding hydrogens is 476 g/mol. The highest BCUT2D eigenvalue weighted by Crippen LogP contribution is 2.40. The van der Waals surface area contributed by atoms with Gasteiger partial charge < -0.3 is 5.73 Å². The van der Waals surface area contributed by atoms with Crippen molar-refractivity contribution in [2.24, 2.45) is 0 Å². The molecule has 0 fully saturated rings. The first kappa shape index (κ1) is 24.1. The van der Waals surface area contributed by atoms with E-state index in [0.29, 0.717) is 24.5 Å². The molecular formula is C16H20N2O8S4. The molecule has 30 heavy (non-hydrogen) atoms. The zero-order chi connectivity index (χ0) is 23.3. The van der Waals surface area contributed by atoms with Crippen molar-refractivity contribution >= 4 is 51.1 Å². The summed E-state index contributed by atoms with van der Waals surface area (Å²) in [6.07, 6.45) is 2.53. The van der Waals surface area contributed by atoms with Gasteiger partial charge in [0.1, 0.15) is 4.90 Å². The molecule has 0 amide bonds. The first-order valence-corrected chi connectivity index (χ1v) is 15.5. The third-order valence-corrected chi connectivity index (χ3v) is 9.53. The Labute approximate surface area is 176 Å². The number of hydrogen-bond donors (Lipinski definition) is 1. The third-order valence-electron chi connectivity index (χ3n) is 3.85. The van der Waals surface area contributed by atoms with Crippen LogP contribution in [0.5, 0.6) is 0 Å². The fourth-order valence-corrected chi connectivity index (χ4v) is 8.94. The topological polar surface area (TPSA) is 166 Å². The molecule has 2 aromatic rings. The van der Waals surface area contributed by atoms with E-state index in [9.17, 15) is 33.7 Å². The molecule has 14 heteroatoms. The Balaban J connectivity index is 3.19. The van der Waals surface area contributed by atoms with Crippen molar-refractivity contribution in [3.63, 3.8) is 0 Å². The van der Waals surface area contributed by atoms with E-state index in [-0.39, 0.29) is 14.8 Å². The lowest BCUT2D eigenvalue weighted by atomic mass is 10.0. The molecule has 0 saturated heterocycles. The van der Waals surface area contributed by atoms with E-state index in [1.807, 2.05) is 0 Å². The van der Waals surface area contributed by atoms with E-state index in [1.54, 1.807) is 0 Å². The first-order valence-electron chi connectivity index (χ1n) is 7.98. The van der Waals surface area contributed by atoms with Crippen LogP contribution in [-0.2, 0) is 39.7 Å². The lowest BCUT2D eigenvalue weighted by Crippen LogP contribution is -2.36. The van der Waals surface area contributed by atoms with Gasteiger partial charge in [0.05, 0.1) is 23.1 Å². The normalized spacial score (nSPS) is 13.2. The number of nitrogen functional groups attached to an aromatic ring is 1. The van der Waals surface area contributed by atoms with Crippen LogP contribution in [0.2, 0.25) is 0 Å². The van der Waals surface area contributed by atoms with E-state index >= 15 is 0 Å². The van der Waals surface area contributed by atoms with E-state index in [4.69, 9.17) is 5.73 Å². The van der Waals surface area contributed by atoms with Crippen LogP contribution in [0.1, 0.15) is 0 Å². The summed E-state index contributed by atoms with van der Waals surface area (Å²) in [6.45, 7) is 0. The maximum atomic E-state index is 12.6.